The summed E-state index contributed by atoms with van der Waals surface area (Å²) in [6, 6.07) is 11.5. The number of aromatic nitrogens is 3. The number of nitrogens with zero attached hydrogens (tertiary/aromatic N) is 5. The van der Waals surface area contributed by atoms with Gasteiger partial charge in [-0.15, -0.1) is 5.10 Å². The molecular weight excluding hydrogens is 482 g/mol. The van der Waals surface area contributed by atoms with Gasteiger partial charge < -0.3 is 25.2 Å². The molecule has 198 valence electrons. The van der Waals surface area contributed by atoms with E-state index in [0.717, 1.165) is 61.4 Å². The molecule has 2 N–H and O–H groups in total. The minimum absolute atomic E-state index is 0.0832. The standard InChI is InChI=1S/C28H33N7O3/c1-2-38-27(37)33-16-10-20(11-17-33)23-5-3-15-35-24(23)31-26(32-35)30-22-8-6-21(7-9-22)25(36)34-18-13-28(19-34)12-4-14-29-28/h3,5-10,15,29H,2,4,11-14,16-19H2,1H3,(H,30,32). The third kappa shape index (κ3) is 4.71. The first-order valence-corrected chi connectivity index (χ1v) is 13.4. The Morgan fingerprint density at radius 3 is 2.74 bits per heavy atom. The number of fused-ring (bicyclic) bond motifs is 1. The number of amides is 2. The normalized spacial score (nSPS) is 21.2. The molecule has 38 heavy (non-hydrogen) atoms. The van der Waals surface area contributed by atoms with Crippen molar-refractivity contribution in [3.63, 3.8) is 0 Å². The number of pyridine rings is 1. The van der Waals surface area contributed by atoms with Gasteiger partial charge in [-0.1, -0.05) is 6.08 Å². The Labute approximate surface area is 221 Å². The van der Waals surface area contributed by atoms with Gasteiger partial charge in [-0.25, -0.2) is 9.31 Å². The van der Waals surface area contributed by atoms with Crippen molar-refractivity contribution in [2.45, 2.75) is 38.1 Å². The number of anilines is 2. The molecule has 2 aromatic heterocycles. The van der Waals surface area contributed by atoms with E-state index >= 15 is 0 Å². The number of nitrogens with one attached hydrogen (secondary N) is 2. The second-order valence-corrected chi connectivity index (χ2v) is 10.2. The second kappa shape index (κ2) is 10.1. The van der Waals surface area contributed by atoms with Gasteiger partial charge in [0.1, 0.15) is 0 Å². The van der Waals surface area contributed by atoms with Gasteiger partial charge >= 0.3 is 6.09 Å². The maximum Gasteiger partial charge on any atom is 0.410 e. The maximum atomic E-state index is 13.1. The van der Waals surface area contributed by atoms with Crippen LogP contribution in [0.2, 0.25) is 0 Å². The average Bonchev–Trinajstić information content (AvgIpc) is 3.69. The van der Waals surface area contributed by atoms with Crippen LogP contribution in [0, 0.1) is 0 Å². The lowest BCUT2D eigenvalue weighted by Gasteiger charge is -2.25. The number of rotatable bonds is 5. The van der Waals surface area contributed by atoms with Crippen molar-refractivity contribution in [1.29, 1.82) is 0 Å². The predicted octanol–water partition coefficient (Wildman–Crippen LogP) is 3.69. The van der Waals surface area contributed by atoms with Crippen LogP contribution in [0.15, 0.2) is 48.7 Å². The van der Waals surface area contributed by atoms with Crippen molar-refractivity contribution >= 4 is 34.9 Å². The number of benzene rings is 1. The molecule has 2 saturated heterocycles. The molecule has 1 unspecified atom stereocenters. The molecule has 3 aromatic rings. The molecule has 0 bridgehead atoms. The second-order valence-electron chi connectivity index (χ2n) is 10.2. The van der Waals surface area contributed by atoms with Crippen molar-refractivity contribution in [1.82, 2.24) is 29.7 Å². The molecule has 6 rings (SSSR count). The largest absolute Gasteiger partial charge is 0.450 e. The van der Waals surface area contributed by atoms with Crippen LogP contribution in [0.25, 0.3) is 11.2 Å². The highest BCUT2D eigenvalue weighted by Crippen LogP contribution is 2.31. The summed E-state index contributed by atoms with van der Waals surface area (Å²) in [6.45, 7) is 5.93. The van der Waals surface area contributed by atoms with Crippen LogP contribution in [0.1, 0.15) is 48.5 Å². The smallest absolute Gasteiger partial charge is 0.410 e. The van der Waals surface area contributed by atoms with Crippen LogP contribution in [-0.4, -0.2) is 81.3 Å². The number of ether oxygens (including phenoxy) is 1. The predicted molar refractivity (Wildman–Crippen MR) is 144 cm³/mol. The lowest BCUT2D eigenvalue weighted by atomic mass is 9.97. The number of hydrogen-bond donors (Lipinski definition) is 2. The van der Waals surface area contributed by atoms with E-state index in [1.807, 2.05) is 54.4 Å². The van der Waals surface area contributed by atoms with Crippen LogP contribution in [0.5, 0.6) is 0 Å². The number of carbonyl (C=O) groups is 2. The molecule has 1 atom stereocenters. The first kappa shape index (κ1) is 24.4. The van der Waals surface area contributed by atoms with Gasteiger partial charge in [-0.3, -0.25) is 4.79 Å². The molecule has 1 spiro atoms. The lowest BCUT2D eigenvalue weighted by Crippen LogP contribution is -2.43. The van der Waals surface area contributed by atoms with Crippen molar-refractivity contribution in [2.24, 2.45) is 0 Å². The van der Waals surface area contributed by atoms with Crippen molar-refractivity contribution < 1.29 is 14.3 Å². The SMILES string of the molecule is CCOC(=O)N1CC=C(c2cccn3nc(Nc4ccc(C(=O)N5CCC6(CCCN6)C5)cc4)nc23)CC1. The van der Waals surface area contributed by atoms with Crippen LogP contribution in [0.3, 0.4) is 0 Å². The summed E-state index contributed by atoms with van der Waals surface area (Å²) in [6.07, 6.45) is 7.73. The van der Waals surface area contributed by atoms with Crippen LogP contribution < -0.4 is 10.6 Å². The molecule has 0 aliphatic carbocycles. The quantitative estimate of drug-likeness (QED) is 0.534. The summed E-state index contributed by atoms with van der Waals surface area (Å²) >= 11 is 0. The first-order chi connectivity index (χ1) is 18.5. The summed E-state index contributed by atoms with van der Waals surface area (Å²) in [5, 5.41) is 11.5. The van der Waals surface area contributed by atoms with E-state index in [1.54, 1.807) is 9.42 Å². The molecular formula is C28H33N7O3. The summed E-state index contributed by atoms with van der Waals surface area (Å²) < 4.78 is 6.88. The summed E-state index contributed by atoms with van der Waals surface area (Å²) in [7, 11) is 0. The Balaban J connectivity index is 1.14. The van der Waals surface area contributed by atoms with Gasteiger partial charge in [0.2, 0.25) is 5.95 Å². The van der Waals surface area contributed by atoms with Crippen LogP contribution in [-0.2, 0) is 4.74 Å². The highest BCUT2D eigenvalue weighted by atomic mass is 16.6. The van der Waals surface area contributed by atoms with E-state index in [1.165, 1.54) is 6.42 Å². The van der Waals surface area contributed by atoms with Crippen molar-refractivity contribution in [3.05, 3.63) is 59.8 Å². The third-order valence-corrected chi connectivity index (χ3v) is 7.80. The summed E-state index contributed by atoms with van der Waals surface area (Å²) in [5.74, 6) is 0.565. The monoisotopic (exact) mass is 515 g/mol. The molecule has 2 amide bonds. The van der Waals surface area contributed by atoms with E-state index in [9.17, 15) is 9.59 Å². The molecule has 10 heteroatoms. The molecule has 0 saturated carbocycles. The topological polar surface area (TPSA) is 104 Å². The maximum absolute atomic E-state index is 13.1. The third-order valence-electron chi connectivity index (χ3n) is 7.80. The Kier molecular flexibility index (Phi) is 6.49. The summed E-state index contributed by atoms with van der Waals surface area (Å²) in [4.78, 5) is 33.5. The molecule has 2 fully saturated rings. The van der Waals surface area contributed by atoms with Gasteiger partial charge in [0.15, 0.2) is 5.65 Å². The molecule has 3 aliphatic rings. The molecule has 10 nitrogen and oxygen atoms in total. The van der Waals surface area contributed by atoms with Gasteiger partial charge in [-0.05, 0) is 81.1 Å². The average molecular weight is 516 g/mol. The minimum Gasteiger partial charge on any atom is -0.450 e. The zero-order valence-electron chi connectivity index (χ0n) is 21.7. The van der Waals surface area contributed by atoms with Gasteiger partial charge in [-0.2, -0.15) is 4.98 Å². The van der Waals surface area contributed by atoms with Crippen molar-refractivity contribution in [2.75, 3.05) is 44.6 Å². The van der Waals surface area contributed by atoms with Gasteiger partial charge in [0, 0.05) is 54.7 Å². The van der Waals surface area contributed by atoms with Gasteiger partial charge in [0.25, 0.3) is 5.91 Å². The van der Waals surface area contributed by atoms with E-state index in [-0.39, 0.29) is 17.5 Å². The van der Waals surface area contributed by atoms with Crippen LogP contribution >= 0.6 is 0 Å². The molecule has 3 aliphatic heterocycles. The van der Waals surface area contributed by atoms with E-state index in [2.05, 4.69) is 21.8 Å². The Bertz CT molecular complexity index is 1370. The van der Waals surface area contributed by atoms with Crippen molar-refractivity contribution in [3.8, 4) is 0 Å². The zero-order chi connectivity index (χ0) is 26.1. The summed E-state index contributed by atoms with van der Waals surface area (Å²) in [5.41, 5.74) is 4.51. The fraction of sp³-hybridized carbons (Fsp3) is 0.429. The van der Waals surface area contributed by atoms with E-state index < -0.39 is 0 Å². The number of carbonyl (C=O) groups excluding carboxylic acids is 2. The molecule has 5 heterocycles. The number of hydrogen-bond acceptors (Lipinski definition) is 7. The fourth-order valence-electron chi connectivity index (χ4n) is 5.77. The molecule has 1 aromatic carbocycles. The Hall–Kier alpha value is -3.92. The highest BCUT2D eigenvalue weighted by Gasteiger charge is 2.41. The Morgan fingerprint density at radius 1 is 1.13 bits per heavy atom. The highest BCUT2D eigenvalue weighted by molar-refractivity contribution is 5.95. The minimum atomic E-state index is -0.280. The lowest BCUT2D eigenvalue weighted by molar-refractivity contribution is 0.0781. The molecule has 0 radical (unpaired) electrons. The Morgan fingerprint density at radius 2 is 2.00 bits per heavy atom. The fourth-order valence-corrected chi connectivity index (χ4v) is 5.77. The van der Waals surface area contributed by atoms with Crippen LogP contribution in [0.4, 0.5) is 16.4 Å². The zero-order valence-corrected chi connectivity index (χ0v) is 21.7. The number of likely N-dealkylation sites (tertiary alicyclic amines) is 1. The van der Waals surface area contributed by atoms with E-state index in [4.69, 9.17) is 9.72 Å². The first-order valence-electron chi connectivity index (χ1n) is 13.4. The van der Waals surface area contributed by atoms with Gasteiger partial charge in [0.05, 0.1) is 6.61 Å². The van der Waals surface area contributed by atoms with E-state index in [0.29, 0.717) is 31.2 Å².